The van der Waals surface area contributed by atoms with Gasteiger partial charge in [0, 0.05) is 29.2 Å². The molecule has 132 valence electrons. The summed E-state index contributed by atoms with van der Waals surface area (Å²) >= 11 is 5.99. The van der Waals surface area contributed by atoms with Crippen molar-refractivity contribution in [3.8, 4) is 17.2 Å². The summed E-state index contributed by atoms with van der Waals surface area (Å²) in [5, 5.41) is 0.634. The van der Waals surface area contributed by atoms with E-state index in [4.69, 9.17) is 20.8 Å². The van der Waals surface area contributed by atoms with Gasteiger partial charge in [0.05, 0.1) is 0 Å². The Morgan fingerprint density at radius 2 is 2.04 bits per heavy atom. The summed E-state index contributed by atoms with van der Waals surface area (Å²) < 4.78 is 11.3. The van der Waals surface area contributed by atoms with Gasteiger partial charge in [0.15, 0.2) is 0 Å². The third-order valence-corrected chi connectivity index (χ3v) is 4.47. The highest BCUT2D eigenvalue weighted by Gasteiger charge is 2.21. The van der Waals surface area contributed by atoms with Crippen molar-refractivity contribution in [3.05, 3.63) is 65.5 Å². The number of rotatable bonds is 5. The second-order valence-electron chi connectivity index (χ2n) is 6.09. The molecule has 6 heteroatoms. The molecule has 0 N–H and O–H groups in total. The summed E-state index contributed by atoms with van der Waals surface area (Å²) in [5.41, 5.74) is 2.42. The third kappa shape index (κ3) is 3.58. The maximum absolute atomic E-state index is 11.8. The van der Waals surface area contributed by atoms with Gasteiger partial charge in [-0.25, -0.2) is 4.98 Å². The third-order valence-electron chi connectivity index (χ3n) is 4.23. The van der Waals surface area contributed by atoms with Crippen molar-refractivity contribution in [2.75, 3.05) is 11.4 Å². The van der Waals surface area contributed by atoms with Crippen molar-refractivity contribution < 1.29 is 13.9 Å². The monoisotopic (exact) mass is 368 g/mol. The van der Waals surface area contributed by atoms with Gasteiger partial charge in [-0.2, -0.15) is 0 Å². The lowest BCUT2D eigenvalue weighted by atomic mass is 10.2. The number of hydrogen-bond acceptors (Lipinski definition) is 4. The quantitative estimate of drug-likeness (QED) is 0.655. The van der Waals surface area contributed by atoms with Crippen LogP contribution in [-0.2, 0) is 11.4 Å². The van der Waals surface area contributed by atoms with E-state index in [1.165, 1.54) is 0 Å². The summed E-state index contributed by atoms with van der Waals surface area (Å²) in [6.07, 6.45) is 3.12. The fourth-order valence-corrected chi connectivity index (χ4v) is 3.12. The Labute approximate surface area is 156 Å². The van der Waals surface area contributed by atoms with Gasteiger partial charge in [-0.05, 0) is 48.9 Å². The van der Waals surface area contributed by atoms with Crippen LogP contribution in [0.25, 0.3) is 11.5 Å². The van der Waals surface area contributed by atoms with E-state index in [-0.39, 0.29) is 5.91 Å². The summed E-state index contributed by atoms with van der Waals surface area (Å²) in [5.74, 6) is 1.40. The van der Waals surface area contributed by atoms with Crippen LogP contribution in [0.5, 0.6) is 5.75 Å². The highest BCUT2D eigenvalue weighted by molar-refractivity contribution is 6.30. The maximum atomic E-state index is 11.8. The minimum absolute atomic E-state index is 0.176. The molecule has 1 aliphatic heterocycles. The number of benzene rings is 2. The predicted octanol–water partition coefficient (Wildman–Crippen LogP) is 4.70. The molecule has 4 rings (SSSR count). The van der Waals surface area contributed by atoms with Gasteiger partial charge in [-0.15, -0.1) is 0 Å². The Hall–Kier alpha value is -2.79. The van der Waals surface area contributed by atoms with E-state index in [0.717, 1.165) is 24.2 Å². The second-order valence-corrected chi connectivity index (χ2v) is 6.52. The molecule has 1 saturated heterocycles. The van der Waals surface area contributed by atoms with Crippen molar-refractivity contribution in [2.45, 2.75) is 19.4 Å². The van der Waals surface area contributed by atoms with Crippen LogP contribution in [0, 0.1) is 0 Å². The number of anilines is 1. The number of halogens is 1. The van der Waals surface area contributed by atoms with Crippen molar-refractivity contribution >= 4 is 23.2 Å². The number of oxazole rings is 1. The van der Waals surface area contributed by atoms with E-state index in [9.17, 15) is 4.79 Å². The first-order valence-corrected chi connectivity index (χ1v) is 8.80. The molecule has 1 aliphatic rings. The fourth-order valence-electron chi connectivity index (χ4n) is 2.93. The molecule has 1 aromatic heterocycles. The number of aromatic nitrogens is 1. The number of hydrogen-bond donors (Lipinski definition) is 0. The van der Waals surface area contributed by atoms with Crippen molar-refractivity contribution in [1.29, 1.82) is 0 Å². The lowest BCUT2D eigenvalue weighted by Gasteiger charge is -2.15. The lowest BCUT2D eigenvalue weighted by Crippen LogP contribution is -2.23. The van der Waals surface area contributed by atoms with Crippen molar-refractivity contribution in [2.24, 2.45) is 0 Å². The average molecular weight is 369 g/mol. The Morgan fingerprint density at radius 1 is 1.19 bits per heavy atom. The zero-order valence-corrected chi connectivity index (χ0v) is 14.8. The Balaban J connectivity index is 1.39. The first-order valence-electron chi connectivity index (χ1n) is 8.42. The molecule has 1 fully saturated rings. The topological polar surface area (TPSA) is 55.6 Å². The molecule has 0 atom stereocenters. The van der Waals surface area contributed by atoms with Crippen LogP contribution in [0.3, 0.4) is 0 Å². The van der Waals surface area contributed by atoms with Gasteiger partial charge in [-0.1, -0.05) is 17.7 Å². The largest absolute Gasteiger partial charge is 0.487 e. The minimum atomic E-state index is 0.176. The molecular weight excluding hydrogens is 352 g/mol. The zero-order valence-electron chi connectivity index (χ0n) is 14.0. The summed E-state index contributed by atoms with van der Waals surface area (Å²) in [7, 11) is 0. The zero-order chi connectivity index (χ0) is 17.9. The Bertz CT molecular complexity index is 921. The smallest absolute Gasteiger partial charge is 0.227 e. The van der Waals surface area contributed by atoms with Gasteiger partial charge in [0.2, 0.25) is 11.8 Å². The highest BCUT2D eigenvalue weighted by atomic mass is 35.5. The maximum Gasteiger partial charge on any atom is 0.227 e. The SMILES string of the molecule is O=C1CCCN1c1ccc(OCc2coc(-c3cccc(Cl)c3)n2)cc1. The van der Waals surface area contributed by atoms with Gasteiger partial charge < -0.3 is 14.1 Å². The Kier molecular flexibility index (Phi) is 4.63. The fraction of sp³-hybridized carbons (Fsp3) is 0.200. The lowest BCUT2D eigenvalue weighted by molar-refractivity contribution is -0.117. The standard InChI is InChI=1S/C20H17ClN2O3/c21-15-4-1-3-14(11-15)20-22-16(13-26-20)12-25-18-8-6-17(7-9-18)23-10-2-5-19(23)24/h1,3-4,6-9,11,13H,2,5,10,12H2. The van der Waals surface area contributed by atoms with Crippen molar-refractivity contribution in [3.63, 3.8) is 0 Å². The van der Waals surface area contributed by atoms with Gasteiger partial charge in [0.25, 0.3) is 0 Å². The van der Waals surface area contributed by atoms with Crippen LogP contribution in [-0.4, -0.2) is 17.4 Å². The molecule has 0 spiro atoms. The molecule has 0 bridgehead atoms. The molecule has 26 heavy (non-hydrogen) atoms. The second kappa shape index (κ2) is 7.22. The summed E-state index contributed by atoms with van der Waals surface area (Å²) in [4.78, 5) is 18.0. The summed E-state index contributed by atoms with van der Waals surface area (Å²) in [6, 6.07) is 14.9. The van der Waals surface area contributed by atoms with Crippen LogP contribution in [0.1, 0.15) is 18.5 Å². The van der Waals surface area contributed by atoms with E-state index < -0.39 is 0 Å². The molecule has 0 saturated carbocycles. The number of carbonyl (C=O) groups excluding carboxylic acids is 1. The number of amides is 1. The van der Waals surface area contributed by atoms with Crippen LogP contribution in [0.15, 0.2) is 59.2 Å². The molecule has 1 amide bonds. The van der Waals surface area contributed by atoms with E-state index in [1.54, 1.807) is 23.3 Å². The molecule has 5 nitrogen and oxygen atoms in total. The minimum Gasteiger partial charge on any atom is -0.487 e. The molecule has 0 radical (unpaired) electrons. The highest BCUT2D eigenvalue weighted by Crippen LogP contribution is 2.25. The first kappa shape index (κ1) is 16.7. The van der Waals surface area contributed by atoms with Crippen molar-refractivity contribution in [1.82, 2.24) is 4.98 Å². The Morgan fingerprint density at radius 3 is 2.77 bits per heavy atom. The summed E-state index contributed by atoms with van der Waals surface area (Å²) in [6.45, 7) is 1.08. The predicted molar refractivity (Wildman–Crippen MR) is 99.3 cm³/mol. The number of ether oxygens (including phenoxy) is 1. The van der Waals surface area contributed by atoms with Crippen LogP contribution >= 0.6 is 11.6 Å². The number of carbonyl (C=O) groups is 1. The van der Waals surface area contributed by atoms with Gasteiger partial charge >= 0.3 is 0 Å². The molecular formula is C20H17ClN2O3. The van der Waals surface area contributed by atoms with Crippen LogP contribution in [0.4, 0.5) is 5.69 Å². The normalized spacial score (nSPS) is 14.0. The molecule has 2 heterocycles. The first-order chi connectivity index (χ1) is 12.7. The van der Waals surface area contributed by atoms with E-state index >= 15 is 0 Å². The van der Waals surface area contributed by atoms with Gasteiger partial charge in [-0.3, -0.25) is 4.79 Å². The molecule has 3 aromatic rings. The molecule has 0 unspecified atom stereocenters. The number of nitrogens with zero attached hydrogens (tertiary/aromatic N) is 2. The molecule has 0 aliphatic carbocycles. The van der Waals surface area contributed by atoms with Crippen LogP contribution < -0.4 is 9.64 Å². The van der Waals surface area contributed by atoms with E-state index in [1.807, 2.05) is 36.4 Å². The van der Waals surface area contributed by atoms with E-state index in [0.29, 0.717) is 35.4 Å². The van der Waals surface area contributed by atoms with Crippen LogP contribution in [0.2, 0.25) is 5.02 Å². The average Bonchev–Trinajstić information content (AvgIpc) is 3.29. The van der Waals surface area contributed by atoms with Gasteiger partial charge in [0.1, 0.15) is 24.3 Å². The van der Waals surface area contributed by atoms with E-state index in [2.05, 4.69) is 4.98 Å². The molecule has 2 aromatic carbocycles.